The third-order valence-electron chi connectivity index (χ3n) is 2.17. The molecule has 0 saturated heterocycles. The SMILES string of the molecule is CC(C)(C)c1ncc(Nc2cncnc2)cn1. The van der Waals surface area contributed by atoms with Gasteiger partial charge in [-0.3, -0.25) is 0 Å². The summed E-state index contributed by atoms with van der Waals surface area (Å²) in [4.78, 5) is 16.5. The van der Waals surface area contributed by atoms with E-state index in [0.717, 1.165) is 17.2 Å². The van der Waals surface area contributed by atoms with Crippen LogP contribution in [0.15, 0.2) is 31.1 Å². The molecule has 0 saturated carbocycles. The monoisotopic (exact) mass is 229 g/mol. The Balaban J connectivity index is 2.14. The molecule has 0 aliphatic heterocycles. The first-order valence-corrected chi connectivity index (χ1v) is 5.40. The maximum Gasteiger partial charge on any atom is 0.133 e. The minimum atomic E-state index is -0.0333. The second kappa shape index (κ2) is 4.45. The summed E-state index contributed by atoms with van der Waals surface area (Å²) in [6, 6.07) is 0. The molecule has 0 amide bonds. The van der Waals surface area contributed by atoms with Gasteiger partial charge in [-0.15, -0.1) is 0 Å². The Morgan fingerprint density at radius 2 is 1.41 bits per heavy atom. The minimum absolute atomic E-state index is 0.0333. The molecule has 2 rings (SSSR count). The zero-order valence-corrected chi connectivity index (χ0v) is 10.2. The van der Waals surface area contributed by atoms with Crippen LogP contribution < -0.4 is 5.32 Å². The van der Waals surface area contributed by atoms with Gasteiger partial charge in [0.1, 0.15) is 12.2 Å². The van der Waals surface area contributed by atoms with Gasteiger partial charge in [0.25, 0.3) is 0 Å². The van der Waals surface area contributed by atoms with Crippen molar-refractivity contribution in [3.8, 4) is 0 Å². The molecular formula is C12H15N5. The predicted molar refractivity (Wildman–Crippen MR) is 66.0 cm³/mol. The second-order valence-corrected chi connectivity index (χ2v) is 4.80. The maximum absolute atomic E-state index is 4.33. The van der Waals surface area contributed by atoms with Gasteiger partial charge in [0.2, 0.25) is 0 Å². The smallest absolute Gasteiger partial charge is 0.133 e. The van der Waals surface area contributed by atoms with Crippen molar-refractivity contribution in [2.45, 2.75) is 26.2 Å². The lowest BCUT2D eigenvalue weighted by Gasteiger charge is -2.16. The van der Waals surface area contributed by atoms with Crippen LogP contribution in [0, 0.1) is 0 Å². The molecule has 5 heteroatoms. The molecule has 0 aliphatic rings. The Kier molecular flexibility index (Phi) is 2.99. The standard InChI is InChI=1S/C12H15N5/c1-12(2,3)11-15-6-10(7-16-11)17-9-4-13-8-14-5-9/h4-8,17H,1-3H3. The van der Waals surface area contributed by atoms with Crippen LogP contribution >= 0.6 is 0 Å². The summed E-state index contributed by atoms with van der Waals surface area (Å²) in [5.74, 6) is 0.826. The van der Waals surface area contributed by atoms with Crippen LogP contribution in [0.5, 0.6) is 0 Å². The van der Waals surface area contributed by atoms with E-state index < -0.39 is 0 Å². The fourth-order valence-corrected chi connectivity index (χ4v) is 1.31. The summed E-state index contributed by atoms with van der Waals surface area (Å²) < 4.78 is 0. The molecule has 0 radical (unpaired) electrons. The van der Waals surface area contributed by atoms with E-state index in [0.29, 0.717) is 0 Å². The number of hydrogen-bond donors (Lipinski definition) is 1. The van der Waals surface area contributed by atoms with Crippen LogP contribution in [0.25, 0.3) is 0 Å². The summed E-state index contributed by atoms with van der Waals surface area (Å²) in [6.07, 6.45) is 8.42. The van der Waals surface area contributed by atoms with Crippen LogP contribution in [0.2, 0.25) is 0 Å². The van der Waals surface area contributed by atoms with Gasteiger partial charge in [-0.25, -0.2) is 19.9 Å². The van der Waals surface area contributed by atoms with Gasteiger partial charge in [0, 0.05) is 5.41 Å². The lowest BCUT2D eigenvalue weighted by molar-refractivity contribution is 0.545. The fourth-order valence-electron chi connectivity index (χ4n) is 1.31. The third kappa shape index (κ3) is 2.96. The van der Waals surface area contributed by atoms with Gasteiger partial charge in [0.05, 0.1) is 36.2 Å². The Hall–Kier alpha value is -2.04. The predicted octanol–water partition coefficient (Wildman–Crippen LogP) is 2.31. The van der Waals surface area contributed by atoms with E-state index >= 15 is 0 Å². The first-order chi connectivity index (χ1) is 8.05. The molecule has 0 aliphatic carbocycles. The van der Waals surface area contributed by atoms with Crippen molar-refractivity contribution in [1.82, 2.24) is 19.9 Å². The molecule has 0 unspecified atom stereocenters. The van der Waals surface area contributed by atoms with Crippen LogP contribution in [0.3, 0.4) is 0 Å². The molecule has 0 spiro atoms. The van der Waals surface area contributed by atoms with E-state index in [2.05, 4.69) is 46.0 Å². The zero-order chi connectivity index (χ0) is 12.3. The number of rotatable bonds is 2. The molecule has 0 aromatic carbocycles. The molecule has 2 heterocycles. The molecule has 1 N–H and O–H groups in total. The Labute approximate surface area is 100 Å². The second-order valence-electron chi connectivity index (χ2n) is 4.80. The van der Waals surface area contributed by atoms with Crippen molar-refractivity contribution in [3.63, 3.8) is 0 Å². The van der Waals surface area contributed by atoms with Crippen LogP contribution in [-0.4, -0.2) is 19.9 Å². The van der Waals surface area contributed by atoms with E-state index in [1.54, 1.807) is 24.8 Å². The molecule has 17 heavy (non-hydrogen) atoms. The van der Waals surface area contributed by atoms with Gasteiger partial charge >= 0.3 is 0 Å². The van der Waals surface area contributed by atoms with Crippen LogP contribution in [0.4, 0.5) is 11.4 Å². The first kappa shape index (κ1) is 11.4. The maximum atomic E-state index is 4.33. The number of nitrogens with zero attached hydrogens (tertiary/aromatic N) is 4. The van der Waals surface area contributed by atoms with Gasteiger partial charge in [-0.2, -0.15) is 0 Å². The topological polar surface area (TPSA) is 63.6 Å². The zero-order valence-electron chi connectivity index (χ0n) is 10.2. The summed E-state index contributed by atoms with van der Waals surface area (Å²) in [7, 11) is 0. The molecule has 0 bridgehead atoms. The lowest BCUT2D eigenvalue weighted by Crippen LogP contribution is -2.15. The van der Waals surface area contributed by atoms with Crippen LogP contribution in [-0.2, 0) is 5.41 Å². The Morgan fingerprint density at radius 3 is 1.94 bits per heavy atom. The molecule has 88 valence electrons. The molecule has 2 aromatic heterocycles. The highest BCUT2D eigenvalue weighted by molar-refractivity contribution is 5.55. The highest BCUT2D eigenvalue weighted by Gasteiger charge is 2.16. The van der Waals surface area contributed by atoms with Crippen molar-refractivity contribution in [2.24, 2.45) is 0 Å². The lowest BCUT2D eigenvalue weighted by atomic mass is 9.96. The molecule has 0 fully saturated rings. The van der Waals surface area contributed by atoms with E-state index in [1.807, 2.05) is 0 Å². The Bertz CT molecular complexity index is 472. The summed E-state index contributed by atoms with van der Waals surface area (Å²) in [6.45, 7) is 6.25. The molecule has 2 aromatic rings. The van der Waals surface area contributed by atoms with E-state index in [-0.39, 0.29) is 5.41 Å². The fraction of sp³-hybridized carbons (Fsp3) is 0.333. The number of nitrogens with one attached hydrogen (secondary N) is 1. The van der Waals surface area contributed by atoms with Crippen LogP contribution in [0.1, 0.15) is 26.6 Å². The first-order valence-electron chi connectivity index (χ1n) is 5.40. The highest BCUT2D eigenvalue weighted by atomic mass is 15.0. The highest BCUT2D eigenvalue weighted by Crippen LogP contribution is 2.19. The minimum Gasteiger partial charge on any atom is -0.350 e. The summed E-state index contributed by atoms with van der Waals surface area (Å²) in [5.41, 5.74) is 1.61. The largest absolute Gasteiger partial charge is 0.350 e. The van der Waals surface area contributed by atoms with Crippen molar-refractivity contribution < 1.29 is 0 Å². The van der Waals surface area contributed by atoms with E-state index in [9.17, 15) is 0 Å². The average molecular weight is 229 g/mol. The molecular weight excluding hydrogens is 214 g/mol. The Morgan fingerprint density at radius 1 is 0.882 bits per heavy atom. The summed E-state index contributed by atoms with van der Waals surface area (Å²) >= 11 is 0. The number of anilines is 2. The van der Waals surface area contributed by atoms with E-state index in [1.165, 1.54) is 6.33 Å². The van der Waals surface area contributed by atoms with Gasteiger partial charge in [-0.05, 0) is 0 Å². The number of aromatic nitrogens is 4. The van der Waals surface area contributed by atoms with Crippen molar-refractivity contribution in [1.29, 1.82) is 0 Å². The van der Waals surface area contributed by atoms with Crippen molar-refractivity contribution in [3.05, 3.63) is 36.9 Å². The average Bonchev–Trinajstić information content (AvgIpc) is 2.30. The van der Waals surface area contributed by atoms with Crippen molar-refractivity contribution >= 4 is 11.4 Å². The third-order valence-corrected chi connectivity index (χ3v) is 2.17. The van der Waals surface area contributed by atoms with Gasteiger partial charge in [0.15, 0.2) is 0 Å². The normalized spacial score (nSPS) is 11.2. The van der Waals surface area contributed by atoms with Crippen molar-refractivity contribution in [2.75, 3.05) is 5.32 Å². The quantitative estimate of drug-likeness (QED) is 0.856. The summed E-state index contributed by atoms with van der Waals surface area (Å²) in [5, 5.41) is 3.13. The van der Waals surface area contributed by atoms with E-state index in [4.69, 9.17) is 0 Å². The van der Waals surface area contributed by atoms with Gasteiger partial charge < -0.3 is 5.32 Å². The van der Waals surface area contributed by atoms with Gasteiger partial charge in [-0.1, -0.05) is 20.8 Å². The number of hydrogen-bond acceptors (Lipinski definition) is 5. The molecule has 0 atom stereocenters. The molecule has 5 nitrogen and oxygen atoms in total.